The highest BCUT2D eigenvalue weighted by Gasteiger charge is 2.19. The number of aryl methyl sites for hydroxylation is 1. The molecule has 1 aromatic carbocycles. The van der Waals surface area contributed by atoms with Gasteiger partial charge in [-0.1, -0.05) is 11.6 Å². The molecule has 0 bridgehead atoms. The monoisotopic (exact) mass is 262 g/mol. The van der Waals surface area contributed by atoms with E-state index in [2.05, 4.69) is 0 Å². The molecule has 1 aromatic rings. The number of Topliss-reactive ketones (excluding diaryl/α,β-unsaturated/α-hetero) is 1. The number of carbonyl (C=O) groups excluding carboxylic acids is 1. The van der Waals surface area contributed by atoms with Crippen LogP contribution < -0.4 is 4.74 Å². The fourth-order valence-corrected chi connectivity index (χ4v) is 2.44. The maximum atomic E-state index is 12.3. The summed E-state index contributed by atoms with van der Waals surface area (Å²) in [6, 6.07) is 5.78. The molecule has 0 spiro atoms. The lowest BCUT2D eigenvalue weighted by Gasteiger charge is -2.12. The van der Waals surface area contributed by atoms with Gasteiger partial charge in [-0.05, 0) is 45.2 Å². The summed E-state index contributed by atoms with van der Waals surface area (Å²) >= 11 is 0. The Morgan fingerprint density at radius 1 is 1.47 bits per heavy atom. The van der Waals surface area contributed by atoms with Gasteiger partial charge in [-0.15, -0.1) is 0 Å². The number of rotatable bonds is 6. The maximum Gasteiger partial charge on any atom is 0.166 e. The summed E-state index contributed by atoms with van der Waals surface area (Å²) in [5, 5.41) is 0. The van der Waals surface area contributed by atoms with Crippen molar-refractivity contribution in [2.24, 2.45) is 0 Å². The molecule has 0 radical (unpaired) electrons. The second-order valence-corrected chi connectivity index (χ2v) is 5.03. The Kier molecular flexibility index (Phi) is 4.97. The Morgan fingerprint density at radius 2 is 2.32 bits per heavy atom. The van der Waals surface area contributed by atoms with Gasteiger partial charge in [0.05, 0.1) is 18.3 Å². The molecule has 2 rings (SSSR count). The maximum absolute atomic E-state index is 12.3. The van der Waals surface area contributed by atoms with Crippen LogP contribution >= 0.6 is 0 Å². The molecule has 0 amide bonds. The molecule has 0 aliphatic carbocycles. The summed E-state index contributed by atoms with van der Waals surface area (Å²) in [5.74, 6) is 0.855. The van der Waals surface area contributed by atoms with Gasteiger partial charge < -0.3 is 9.47 Å². The summed E-state index contributed by atoms with van der Waals surface area (Å²) in [6.45, 7) is 5.34. The van der Waals surface area contributed by atoms with E-state index in [1.165, 1.54) is 0 Å². The topological polar surface area (TPSA) is 35.5 Å². The zero-order valence-corrected chi connectivity index (χ0v) is 11.8. The van der Waals surface area contributed by atoms with Crippen molar-refractivity contribution in [3.8, 4) is 5.75 Å². The quantitative estimate of drug-likeness (QED) is 0.736. The van der Waals surface area contributed by atoms with Gasteiger partial charge in [0, 0.05) is 13.0 Å². The SMILES string of the molecule is CCOc1ccc(C)cc1C(=O)CCC1CCCO1. The molecule has 0 aromatic heterocycles. The van der Waals surface area contributed by atoms with Crippen LogP contribution in [0.4, 0.5) is 0 Å². The first-order valence-electron chi connectivity index (χ1n) is 7.09. The van der Waals surface area contributed by atoms with Crippen LogP contribution in [0.3, 0.4) is 0 Å². The minimum absolute atomic E-state index is 0.155. The Labute approximate surface area is 114 Å². The summed E-state index contributed by atoms with van der Waals surface area (Å²) in [4.78, 5) is 12.3. The molecule has 19 heavy (non-hydrogen) atoms. The predicted molar refractivity (Wildman–Crippen MR) is 74.9 cm³/mol. The van der Waals surface area contributed by atoms with Gasteiger partial charge >= 0.3 is 0 Å². The molecule has 0 saturated carbocycles. The molecular weight excluding hydrogens is 240 g/mol. The largest absolute Gasteiger partial charge is 0.493 e. The highest BCUT2D eigenvalue weighted by Crippen LogP contribution is 2.24. The van der Waals surface area contributed by atoms with Crippen molar-refractivity contribution in [1.29, 1.82) is 0 Å². The van der Waals surface area contributed by atoms with Crippen LogP contribution in [0.1, 0.15) is 48.5 Å². The van der Waals surface area contributed by atoms with Crippen LogP contribution in [0.15, 0.2) is 18.2 Å². The highest BCUT2D eigenvalue weighted by molar-refractivity contribution is 5.98. The van der Waals surface area contributed by atoms with E-state index in [-0.39, 0.29) is 11.9 Å². The van der Waals surface area contributed by atoms with Gasteiger partial charge in [0.2, 0.25) is 0 Å². The van der Waals surface area contributed by atoms with E-state index in [9.17, 15) is 4.79 Å². The third kappa shape index (κ3) is 3.80. The number of ketones is 1. The van der Waals surface area contributed by atoms with Crippen LogP contribution in [0.5, 0.6) is 5.75 Å². The van der Waals surface area contributed by atoms with Gasteiger partial charge in [0.25, 0.3) is 0 Å². The summed E-state index contributed by atoms with van der Waals surface area (Å²) in [5.41, 5.74) is 1.80. The third-order valence-corrected chi connectivity index (χ3v) is 3.45. The zero-order valence-electron chi connectivity index (χ0n) is 11.8. The van der Waals surface area contributed by atoms with Gasteiger partial charge in [0.1, 0.15) is 5.75 Å². The van der Waals surface area contributed by atoms with E-state index in [0.29, 0.717) is 24.3 Å². The normalized spacial score (nSPS) is 18.5. The Bertz CT molecular complexity index is 434. The molecule has 104 valence electrons. The van der Waals surface area contributed by atoms with Gasteiger partial charge in [-0.2, -0.15) is 0 Å². The van der Waals surface area contributed by atoms with Crippen LogP contribution in [0, 0.1) is 6.92 Å². The minimum Gasteiger partial charge on any atom is -0.493 e. The van der Waals surface area contributed by atoms with E-state index in [4.69, 9.17) is 9.47 Å². The van der Waals surface area contributed by atoms with E-state index in [1.54, 1.807) is 0 Å². The van der Waals surface area contributed by atoms with Crippen molar-refractivity contribution in [2.45, 2.75) is 45.6 Å². The van der Waals surface area contributed by atoms with E-state index < -0.39 is 0 Å². The van der Waals surface area contributed by atoms with E-state index >= 15 is 0 Å². The van der Waals surface area contributed by atoms with Crippen molar-refractivity contribution >= 4 is 5.78 Å². The van der Waals surface area contributed by atoms with Crippen LogP contribution in [0.2, 0.25) is 0 Å². The lowest BCUT2D eigenvalue weighted by Crippen LogP contribution is -2.10. The summed E-state index contributed by atoms with van der Waals surface area (Å²) in [6.07, 6.45) is 3.82. The Balaban J connectivity index is 2.02. The van der Waals surface area contributed by atoms with E-state index in [1.807, 2.05) is 32.0 Å². The van der Waals surface area contributed by atoms with Gasteiger partial charge in [-0.25, -0.2) is 0 Å². The molecule has 1 fully saturated rings. The first kappa shape index (κ1) is 14.1. The Morgan fingerprint density at radius 3 is 3.00 bits per heavy atom. The predicted octanol–water partition coefficient (Wildman–Crippen LogP) is 3.54. The number of hydrogen-bond acceptors (Lipinski definition) is 3. The molecule has 1 unspecified atom stereocenters. The first-order chi connectivity index (χ1) is 9.20. The first-order valence-corrected chi connectivity index (χ1v) is 7.09. The van der Waals surface area contributed by atoms with Crippen molar-refractivity contribution in [1.82, 2.24) is 0 Å². The summed E-state index contributed by atoms with van der Waals surface area (Å²) in [7, 11) is 0. The average Bonchev–Trinajstić information content (AvgIpc) is 2.91. The molecule has 1 saturated heterocycles. The average molecular weight is 262 g/mol. The van der Waals surface area contributed by atoms with Gasteiger partial charge in [-0.3, -0.25) is 4.79 Å². The fraction of sp³-hybridized carbons (Fsp3) is 0.562. The summed E-state index contributed by atoms with van der Waals surface area (Å²) < 4.78 is 11.1. The second kappa shape index (κ2) is 6.71. The number of benzene rings is 1. The van der Waals surface area contributed by atoms with Crippen LogP contribution in [-0.4, -0.2) is 25.1 Å². The van der Waals surface area contributed by atoms with Crippen LogP contribution in [0.25, 0.3) is 0 Å². The van der Waals surface area contributed by atoms with Crippen molar-refractivity contribution in [2.75, 3.05) is 13.2 Å². The van der Waals surface area contributed by atoms with Crippen LogP contribution in [-0.2, 0) is 4.74 Å². The Hall–Kier alpha value is -1.35. The lowest BCUT2D eigenvalue weighted by molar-refractivity contribution is 0.0856. The standard InChI is InChI=1S/C16H22O3/c1-3-18-16-9-6-12(2)11-14(16)15(17)8-7-13-5-4-10-19-13/h6,9,11,13H,3-5,7-8,10H2,1-2H3. The molecule has 1 atom stereocenters. The molecule has 1 heterocycles. The van der Waals surface area contributed by atoms with Crippen molar-refractivity contribution < 1.29 is 14.3 Å². The molecule has 3 heteroatoms. The fourth-order valence-electron chi connectivity index (χ4n) is 2.44. The minimum atomic E-state index is 0.155. The third-order valence-electron chi connectivity index (χ3n) is 3.45. The highest BCUT2D eigenvalue weighted by atomic mass is 16.5. The van der Waals surface area contributed by atoms with Crippen molar-refractivity contribution in [3.05, 3.63) is 29.3 Å². The number of ether oxygens (including phenoxy) is 2. The molecule has 1 aliphatic rings. The lowest BCUT2D eigenvalue weighted by atomic mass is 10.0. The smallest absolute Gasteiger partial charge is 0.166 e. The molecule has 3 nitrogen and oxygen atoms in total. The molecule has 0 N–H and O–H groups in total. The molecular formula is C16H22O3. The van der Waals surface area contributed by atoms with Gasteiger partial charge in [0.15, 0.2) is 5.78 Å². The number of carbonyl (C=O) groups is 1. The van der Waals surface area contributed by atoms with E-state index in [0.717, 1.165) is 31.4 Å². The second-order valence-electron chi connectivity index (χ2n) is 5.03. The molecule has 1 aliphatic heterocycles. The zero-order chi connectivity index (χ0) is 13.7. The van der Waals surface area contributed by atoms with Crippen molar-refractivity contribution in [3.63, 3.8) is 0 Å². The number of hydrogen-bond donors (Lipinski definition) is 0.